The molecule has 2 heterocycles. The van der Waals surface area contributed by atoms with E-state index in [0.717, 1.165) is 43.1 Å². The number of hydrogen-bond acceptors (Lipinski definition) is 4. The molecule has 0 amide bonds. The highest BCUT2D eigenvalue weighted by Gasteiger charge is 2.29. The summed E-state index contributed by atoms with van der Waals surface area (Å²) in [6.07, 6.45) is 2.41. The number of carbonyl (C=O) groups is 1. The largest absolute Gasteiger partial charge is 0.481 e. The number of aromatic nitrogens is 1. The smallest absolute Gasteiger partial charge is 0.313 e. The van der Waals surface area contributed by atoms with Crippen LogP contribution in [0.15, 0.2) is 48.5 Å². The molecule has 2 aromatic carbocycles. The molecule has 4 rings (SSSR count). The van der Waals surface area contributed by atoms with Crippen LogP contribution < -0.4 is 10.6 Å². The highest BCUT2D eigenvalue weighted by molar-refractivity contribution is 14.1. The summed E-state index contributed by atoms with van der Waals surface area (Å²) in [5, 5.41) is 17.7. The van der Waals surface area contributed by atoms with Crippen LogP contribution in [0.25, 0.3) is 10.9 Å². The molecule has 3 N–H and O–H groups in total. The first-order valence-corrected chi connectivity index (χ1v) is 13.6. The number of hydrogen-bond donors (Lipinski definition) is 3. The van der Waals surface area contributed by atoms with Gasteiger partial charge in [0.15, 0.2) is 0 Å². The molecule has 0 aliphatic carbocycles. The van der Waals surface area contributed by atoms with Crippen molar-refractivity contribution in [1.29, 1.82) is 0 Å². The zero-order chi connectivity index (χ0) is 25.7. The standard InChI is InChI=1S/C29H35IN4O2/c1-4-34-26(6-5-15-31-24-10-8-23(9-11-24)29(2,3)28(35)36)19-22-18-21(7-12-27(22)34)20-32-25-13-16-33(30)17-14-25/h7-12,18-19,25,31-32H,4,13-17,20H2,1-3H3,(H,35,36). The first-order chi connectivity index (χ1) is 17.3. The van der Waals surface area contributed by atoms with Crippen molar-refractivity contribution in [3.8, 4) is 11.8 Å². The summed E-state index contributed by atoms with van der Waals surface area (Å²) in [4.78, 5) is 11.5. The average Bonchev–Trinajstić information content (AvgIpc) is 3.23. The summed E-state index contributed by atoms with van der Waals surface area (Å²) in [5.41, 5.74) is 4.34. The molecule has 1 fully saturated rings. The van der Waals surface area contributed by atoms with Crippen molar-refractivity contribution in [1.82, 2.24) is 13.0 Å². The molecule has 1 aromatic heterocycles. The Labute approximate surface area is 227 Å². The highest BCUT2D eigenvalue weighted by Crippen LogP contribution is 2.25. The van der Waals surface area contributed by atoms with Crippen LogP contribution in [0.2, 0.25) is 0 Å². The number of anilines is 1. The van der Waals surface area contributed by atoms with Crippen LogP contribution in [-0.4, -0.2) is 44.4 Å². The van der Waals surface area contributed by atoms with Gasteiger partial charge in [0.05, 0.1) is 17.7 Å². The summed E-state index contributed by atoms with van der Waals surface area (Å²) >= 11 is 2.42. The number of halogens is 1. The minimum Gasteiger partial charge on any atom is -0.481 e. The minimum absolute atomic E-state index is 0.512. The second kappa shape index (κ2) is 11.7. The summed E-state index contributed by atoms with van der Waals surface area (Å²) in [5.74, 6) is 5.74. The number of nitrogens with one attached hydrogen (secondary N) is 2. The van der Waals surface area contributed by atoms with Gasteiger partial charge in [0.1, 0.15) is 0 Å². The van der Waals surface area contributed by atoms with Gasteiger partial charge < -0.3 is 20.3 Å². The molecule has 7 heteroatoms. The van der Waals surface area contributed by atoms with E-state index in [1.807, 2.05) is 24.3 Å². The Bertz CT molecular complexity index is 1260. The number of aliphatic carboxylic acids is 1. The van der Waals surface area contributed by atoms with Crippen molar-refractivity contribution < 1.29 is 9.90 Å². The van der Waals surface area contributed by atoms with E-state index in [1.165, 1.54) is 29.3 Å². The lowest BCUT2D eigenvalue weighted by Gasteiger charge is -2.28. The molecule has 36 heavy (non-hydrogen) atoms. The van der Waals surface area contributed by atoms with Crippen molar-refractivity contribution in [2.45, 2.75) is 58.2 Å². The van der Waals surface area contributed by atoms with Gasteiger partial charge in [0, 0.05) is 71.7 Å². The molecule has 1 aliphatic heterocycles. The van der Waals surface area contributed by atoms with E-state index < -0.39 is 11.4 Å². The number of carboxylic acid groups (broad SMARTS) is 1. The number of aryl methyl sites for hydroxylation is 1. The van der Waals surface area contributed by atoms with Crippen LogP contribution in [0.3, 0.4) is 0 Å². The fourth-order valence-electron chi connectivity index (χ4n) is 4.60. The van der Waals surface area contributed by atoms with E-state index in [4.69, 9.17) is 0 Å². The van der Waals surface area contributed by atoms with Gasteiger partial charge in [-0.2, -0.15) is 0 Å². The van der Waals surface area contributed by atoms with Crippen LogP contribution in [0, 0.1) is 11.8 Å². The molecule has 0 spiro atoms. The van der Waals surface area contributed by atoms with E-state index in [1.54, 1.807) is 13.8 Å². The topological polar surface area (TPSA) is 69.5 Å². The number of benzene rings is 2. The summed E-state index contributed by atoms with van der Waals surface area (Å²) in [7, 11) is 0. The monoisotopic (exact) mass is 598 g/mol. The quantitative estimate of drug-likeness (QED) is 0.184. The van der Waals surface area contributed by atoms with Gasteiger partial charge in [-0.1, -0.05) is 24.1 Å². The van der Waals surface area contributed by atoms with Crippen molar-refractivity contribution in [2.75, 3.05) is 25.0 Å². The van der Waals surface area contributed by atoms with Gasteiger partial charge in [-0.25, -0.2) is 3.11 Å². The molecular weight excluding hydrogens is 563 g/mol. The lowest BCUT2D eigenvalue weighted by Crippen LogP contribution is -2.38. The fraction of sp³-hybridized carbons (Fsp3) is 0.414. The fourth-order valence-corrected chi connectivity index (χ4v) is 5.16. The van der Waals surface area contributed by atoms with Crippen molar-refractivity contribution in [2.24, 2.45) is 0 Å². The van der Waals surface area contributed by atoms with Gasteiger partial charge in [-0.15, -0.1) is 0 Å². The number of piperidine rings is 1. The zero-order valence-electron chi connectivity index (χ0n) is 21.3. The van der Waals surface area contributed by atoms with Crippen molar-refractivity contribution in [3.05, 3.63) is 65.4 Å². The third-order valence-electron chi connectivity index (χ3n) is 7.06. The van der Waals surface area contributed by atoms with E-state index in [-0.39, 0.29) is 0 Å². The number of carboxylic acids is 1. The Morgan fingerprint density at radius 3 is 2.53 bits per heavy atom. The van der Waals surface area contributed by atoms with E-state index in [0.29, 0.717) is 12.6 Å². The molecule has 0 unspecified atom stereocenters. The first-order valence-electron chi connectivity index (χ1n) is 12.6. The first kappa shape index (κ1) is 26.5. The van der Waals surface area contributed by atoms with E-state index in [9.17, 15) is 9.90 Å². The predicted octanol–water partition coefficient (Wildman–Crippen LogP) is 5.39. The minimum atomic E-state index is -0.908. The lowest BCUT2D eigenvalue weighted by molar-refractivity contribution is -0.142. The summed E-state index contributed by atoms with van der Waals surface area (Å²) in [6.45, 7) is 10.2. The van der Waals surface area contributed by atoms with Crippen molar-refractivity contribution >= 4 is 45.4 Å². The van der Waals surface area contributed by atoms with Crippen LogP contribution >= 0.6 is 22.9 Å². The zero-order valence-corrected chi connectivity index (χ0v) is 23.4. The Hall–Kier alpha value is -2.54. The predicted molar refractivity (Wildman–Crippen MR) is 156 cm³/mol. The van der Waals surface area contributed by atoms with Crippen LogP contribution in [-0.2, 0) is 23.3 Å². The second-order valence-corrected chi connectivity index (χ2v) is 11.3. The van der Waals surface area contributed by atoms with Crippen molar-refractivity contribution in [3.63, 3.8) is 0 Å². The van der Waals surface area contributed by atoms with E-state index in [2.05, 4.69) is 84.2 Å². The molecule has 0 atom stereocenters. The molecule has 1 aliphatic rings. The normalized spacial score (nSPS) is 15.0. The second-order valence-electron chi connectivity index (χ2n) is 9.89. The number of nitrogens with zero attached hydrogens (tertiary/aromatic N) is 2. The Morgan fingerprint density at radius 1 is 1.14 bits per heavy atom. The molecule has 6 nitrogen and oxygen atoms in total. The van der Waals surface area contributed by atoms with E-state index >= 15 is 0 Å². The third kappa shape index (κ3) is 6.23. The molecule has 0 radical (unpaired) electrons. The van der Waals surface area contributed by atoms with Gasteiger partial charge in [-0.3, -0.25) is 4.79 Å². The average molecular weight is 599 g/mol. The maximum Gasteiger partial charge on any atom is 0.313 e. The highest BCUT2D eigenvalue weighted by atomic mass is 127. The Morgan fingerprint density at radius 2 is 1.86 bits per heavy atom. The summed E-state index contributed by atoms with van der Waals surface area (Å²) in [6, 6.07) is 17.0. The van der Waals surface area contributed by atoms with Crippen LogP contribution in [0.4, 0.5) is 5.69 Å². The maximum atomic E-state index is 11.5. The number of rotatable bonds is 8. The molecule has 190 valence electrons. The van der Waals surface area contributed by atoms with Gasteiger partial charge in [0.2, 0.25) is 0 Å². The number of fused-ring (bicyclic) bond motifs is 1. The molecule has 0 bridgehead atoms. The van der Waals surface area contributed by atoms with Crippen LogP contribution in [0.1, 0.15) is 50.4 Å². The van der Waals surface area contributed by atoms with Crippen LogP contribution in [0.5, 0.6) is 0 Å². The maximum absolute atomic E-state index is 11.5. The van der Waals surface area contributed by atoms with Gasteiger partial charge in [0.25, 0.3) is 0 Å². The molecule has 1 saturated heterocycles. The summed E-state index contributed by atoms with van der Waals surface area (Å²) < 4.78 is 4.63. The lowest BCUT2D eigenvalue weighted by atomic mass is 9.85. The SMILES string of the molecule is CCn1c(C#CCNc2ccc(C(C)(C)C(=O)O)cc2)cc2cc(CNC3CCN(I)CC3)ccc21. The third-order valence-corrected chi connectivity index (χ3v) is 8.02. The Balaban J connectivity index is 1.38. The molecule has 0 saturated carbocycles. The van der Waals surface area contributed by atoms with Gasteiger partial charge >= 0.3 is 5.97 Å². The Kier molecular flexibility index (Phi) is 8.60. The molecular formula is C29H35IN4O2. The van der Waals surface area contributed by atoms with Gasteiger partial charge in [-0.05, 0) is 81.0 Å². The molecule has 3 aromatic rings.